The lowest BCUT2D eigenvalue weighted by Crippen LogP contribution is -2.18. The third-order valence-corrected chi connectivity index (χ3v) is 2.82. The maximum atomic E-state index is 5.46. The molecular weight excluding hydrogens is 226 g/mol. The summed E-state index contributed by atoms with van der Waals surface area (Å²) in [7, 11) is 4.03. The minimum Gasteiger partial charge on any atom is -0.468 e. The van der Waals surface area contributed by atoms with Crippen LogP contribution in [0.4, 0.5) is 0 Å². The average molecular weight is 245 g/mol. The van der Waals surface area contributed by atoms with Crippen LogP contribution in [-0.2, 0) is 19.6 Å². The zero-order valence-electron chi connectivity index (χ0n) is 10.9. The molecule has 18 heavy (non-hydrogen) atoms. The summed E-state index contributed by atoms with van der Waals surface area (Å²) in [6.45, 7) is 2.56. The first kappa shape index (κ1) is 12.8. The first-order chi connectivity index (χ1) is 8.79. The van der Waals surface area contributed by atoms with Crippen molar-refractivity contribution in [1.29, 1.82) is 0 Å². The Morgan fingerprint density at radius 3 is 2.72 bits per heavy atom. The van der Waals surface area contributed by atoms with Crippen LogP contribution in [0, 0.1) is 0 Å². The van der Waals surface area contributed by atoms with Crippen LogP contribution in [0.25, 0.3) is 0 Å². The fourth-order valence-electron chi connectivity index (χ4n) is 1.97. The molecule has 0 unspecified atom stereocenters. The molecule has 2 heterocycles. The zero-order chi connectivity index (χ0) is 12.8. The SMILES string of the molecule is CNCc1occc1CN(C)Cc1ccncc1. The number of aromatic nitrogens is 1. The molecule has 0 aromatic carbocycles. The maximum Gasteiger partial charge on any atom is 0.122 e. The van der Waals surface area contributed by atoms with Gasteiger partial charge in [0, 0.05) is 31.0 Å². The van der Waals surface area contributed by atoms with Crippen LogP contribution in [0.1, 0.15) is 16.9 Å². The molecule has 0 aliphatic rings. The van der Waals surface area contributed by atoms with Crippen LogP contribution in [0.15, 0.2) is 41.3 Å². The molecule has 96 valence electrons. The number of nitrogens with one attached hydrogen (secondary N) is 1. The lowest BCUT2D eigenvalue weighted by molar-refractivity contribution is 0.315. The number of pyridine rings is 1. The highest BCUT2D eigenvalue weighted by atomic mass is 16.3. The summed E-state index contributed by atoms with van der Waals surface area (Å²) in [6.07, 6.45) is 5.41. The fraction of sp³-hybridized carbons (Fsp3) is 0.357. The van der Waals surface area contributed by atoms with Crippen LogP contribution in [0.3, 0.4) is 0 Å². The van der Waals surface area contributed by atoms with Gasteiger partial charge in [-0.2, -0.15) is 0 Å². The molecule has 0 radical (unpaired) electrons. The summed E-state index contributed by atoms with van der Waals surface area (Å²) in [5.41, 5.74) is 2.51. The van der Waals surface area contributed by atoms with Crippen molar-refractivity contribution in [2.75, 3.05) is 14.1 Å². The van der Waals surface area contributed by atoms with Crippen LogP contribution in [0.2, 0.25) is 0 Å². The van der Waals surface area contributed by atoms with Gasteiger partial charge in [-0.1, -0.05) is 0 Å². The van der Waals surface area contributed by atoms with E-state index in [1.54, 1.807) is 6.26 Å². The van der Waals surface area contributed by atoms with E-state index in [2.05, 4.69) is 22.2 Å². The molecule has 2 aromatic heterocycles. The number of hydrogen-bond donors (Lipinski definition) is 1. The van der Waals surface area contributed by atoms with E-state index < -0.39 is 0 Å². The zero-order valence-corrected chi connectivity index (χ0v) is 10.9. The molecule has 0 atom stereocenters. The minimum absolute atomic E-state index is 0.769. The molecule has 0 saturated heterocycles. The molecule has 1 N–H and O–H groups in total. The Labute approximate surface area is 108 Å². The third-order valence-electron chi connectivity index (χ3n) is 2.82. The van der Waals surface area contributed by atoms with Gasteiger partial charge in [-0.05, 0) is 37.9 Å². The van der Waals surface area contributed by atoms with Gasteiger partial charge in [-0.15, -0.1) is 0 Å². The van der Waals surface area contributed by atoms with E-state index in [9.17, 15) is 0 Å². The Hall–Kier alpha value is -1.65. The predicted octanol–water partition coefficient (Wildman–Crippen LogP) is 2.03. The number of rotatable bonds is 6. The Kier molecular flexibility index (Phi) is 4.50. The van der Waals surface area contributed by atoms with E-state index in [0.29, 0.717) is 0 Å². The number of nitrogens with zero attached hydrogens (tertiary/aromatic N) is 2. The second-order valence-corrected chi connectivity index (χ2v) is 4.43. The first-order valence-corrected chi connectivity index (χ1v) is 6.07. The van der Waals surface area contributed by atoms with Crippen molar-refractivity contribution < 1.29 is 4.42 Å². The maximum absolute atomic E-state index is 5.46. The van der Waals surface area contributed by atoms with E-state index >= 15 is 0 Å². The molecule has 0 bridgehead atoms. The van der Waals surface area contributed by atoms with Gasteiger partial charge in [-0.3, -0.25) is 9.88 Å². The Bertz CT molecular complexity index is 467. The fourth-order valence-corrected chi connectivity index (χ4v) is 1.97. The van der Waals surface area contributed by atoms with Crippen LogP contribution >= 0.6 is 0 Å². The molecule has 0 amide bonds. The summed E-state index contributed by atoms with van der Waals surface area (Å²) in [5, 5.41) is 3.11. The molecular formula is C14H19N3O. The van der Waals surface area contributed by atoms with Crippen molar-refractivity contribution in [3.63, 3.8) is 0 Å². The predicted molar refractivity (Wildman–Crippen MR) is 70.9 cm³/mol. The molecule has 0 fully saturated rings. The van der Waals surface area contributed by atoms with Gasteiger partial charge in [0.05, 0.1) is 12.8 Å². The van der Waals surface area contributed by atoms with E-state index in [1.807, 2.05) is 37.6 Å². The lowest BCUT2D eigenvalue weighted by Gasteiger charge is -2.16. The molecule has 4 nitrogen and oxygen atoms in total. The van der Waals surface area contributed by atoms with E-state index in [0.717, 1.165) is 25.4 Å². The molecule has 2 aromatic rings. The highest BCUT2D eigenvalue weighted by Gasteiger charge is 2.08. The van der Waals surface area contributed by atoms with E-state index in [1.165, 1.54) is 11.1 Å². The molecule has 2 rings (SSSR count). The largest absolute Gasteiger partial charge is 0.468 e. The van der Waals surface area contributed by atoms with Gasteiger partial charge in [0.1, 0.15) is 5.76 Å². The van der Waals surface area contributed by atoms with Gasteiger partial charge < -0.3 is 9.73 Å². The number of furan rings is 1. The average Bonchev–Trinajstić information content (AvgIpc) is 2.78. The van der Waals surface area contributed by atoms with Gasteiger partial charge in [0.15, 0.2) is 0 Å². The van der Waals surface area contributed by atoms with E-state index in [4.69, 9.17) is 4.42 Å². The number of hydrogen-bond acceptors (Lipinski definition) is 4. The summed E-state index contributed by atoms with van der Waals surface area (Å²) in [6, 6.07) is 6.12. The van der Waals surface area contributed by atoms with Crippen molar-refractivity contribution in [3.05, 3.63) is 53.7 Å². The Morgan fingerprint density at radius 1 is 1.22 bits per heavy atom. The minimum atomic E-state index is 0.769. The van der Waals surface area contributed by atoms with Crippen molar-refractivity contribution in [2.45, 2.75) is 19.6 Å². The van der Waals surface area contributed by atoms with E-state index in [-0.39, 0.29) is 0 Å². The first-order valence-electron chi connectivity index (χ1n) is 6.07. The normalized spacial score (nSPS) is 11.1. The Morgan fingerprint density at radius 2 is 2.00 bits per heavy atom. The van der Waals surface area contributed by atoms with Crippen LogP contribution in [0.5, 0.6) is 0 Å². The van der Waals surface area contributed by atoms with Gasteiger partial charge >= 0.3 is 0 Å². The quantitative estimate of drug-likeness (QED) is 0.845. The van der Waals surface area contributed by atoms with Gasteiger partial charge in [0.2, 0.25) is 0 Å². The highest BCUT2D eigenvalue weighted by Crippen LogP contribution is 2.13. The molecule has 0 aliphatic heterocycles. The highest BCUT2D eigenvalue weighted by molar-refractivity contribution is 5.17. The summed E-state index contributed by atoms with van der Waals surface area (Å²) in [4.78, 5) is 6.29. The lowest BCUT2D eigenvalue weighted by atomic mass is 10.2. The monoisotopic (exact) mass is 245 g/mol. The smallest absolute Gasteiger partial charge is 0.122 e. The molecule has 4 heteroatoms. The van der Waals surface area contributed by atoms with Crippen molar-refractivity contribution in [2.24, 2.45) is 0 Å². The molecule has 0 spiro atoms. The summed E-state index contributed by atoms with van der Waals surface area (Å²) >= 11 is 0. The van der Waals surface area contributed by atoms with Crippen molar-refractivity contribution in [3.8, 4) is 0 Å². The van der Waals surface area contributed by atoms with Crippen molar-refractivity contribution in [1.82, 2.24) is 15.2 Å². The Balaban J connectivity index is 1.94. The molecule has 0 saturated carbocycles. The standard InChI is InChI=1S/C14H19N3O/c1-15-9-14-13(5-8-18-14)11-17(2)10-12-3-6-16-7-4-12/h3-8,15H,9-11H2,1-2H3. The van der Waals surface area contributed by atoms with Gasteiger partial charge in [0.25, 0.3) is 0 Å². The summed E-state index contributed by atoms with van der Waals surface area (Å²) < 4.78 is 5.46. The second-order valence-electron chi connectivity index (χ2n) is 4.43. The second kappa shape index (κ2) is 6.33. The van der Waals surface area contributed by atoms with Crippen molar-refractivity contribution >= 4 is 0 Å². The third kappa shape index (κ3) is 3.42. The van der Waals surface area contributed by atoms with Crippen LogP contribution < -0.4 is 5.32 Å². The summed E-state index contributed by atoms with van der Waals surface area (Å²) in [5.74, 6) is 1.01. The molecule has 0 aliphatic carbocycles. The van der Waals surface area contributed by atoms with Gasteiger partial charge in [-0.25, -0.2) is 0 Å². The van der Waals surface area contributed by atoms with Crippen LogP contribution in [-0.4, -0.2) is 24.0 Å². The topological polar surface area (TPSA) is 41.3 Å².